The molecule has 0 aliphatic carbocycles. The molecule has 0 saturated carbocycles. The summed E-state index contributed by atoms with van der Waals surface area (Å²) in [4.78, 5) is 8.73. The molecule has 9 aromatic rings. The molecule has 2 atom stereocenters. The Kier molecular flexibility index (Phi) is 7.69. The van der Waals surface area contributed by atoms with Crippen molar-refractivity contribution in [1.82, 2.24) is 59.4 Å². The first-order valence-corrected chi connectivity index (χ1v) is 16.1. The van der Waals surface area contributed by atoms with Crippen LogP contribution in [-0.2, 0) is 7.05 Å². The van der Waals surface area contributed by atoms with E-state index in [0.29, 0.717) is 10.8 Å². The number of fused-ring (bicyclic) bond motifs is 4. The van der Waals surface area contributed by atoms with Gasteiger partial charge in [0.15, 0.2) is 22.9 Å². The Balaban J connectivity index is 0.000000145. The van der Waals surface area contributed by atoms with E-state index in [-0.39, 0.29) is 11.8 Å². The van der Waals surface area contributed by atoms with Crippen molar-refractivity contribution in [2.24, 2.45) is 7.05 Å². The fourth-order valence-corrected chi connectivity index (χ4v) is 6.00. The average Bonchev–Trinajstić information content (AvgIpc) is 3.89. The molecule has 9 rings (SSSR count). The molecule has 0 radical (unpaired) electrons. The van der Waals surface area contributed by atoms with E-state index in [1.807, 2.05) is 60.2 Å². The Morgan fingerprint density at radius 2 is 1.20 bits per heavy atom. The van der Waals surface area contributed by atoms with Crippen molar-refractivity contribution in [3.8, 4) is 11.3 Å². The largest absolute Gasteiger partial charge is 0.275 e. The lowest BCUT2D eigenvalue weighted by atomic mass is 9.98. The maximum atomic E-state index is 5.98. The first-order chi connectivity index (χ1) is 23.9. The topological polar surface area (TPSA) is 130 Å². The molecule has 0 spiro atoms. The molecule has 0 fully saturated rings. The standard InChI is InChI=1S/C20H17N7.C16H12ClN5/c1-13(14-5-6-17-15(10-14)4-3-9-21-17)20-24-23-19-8-7-18(25-27(19)20)16-11-22-26(2)12-16;1-10(11-4-5-13-12(9-11)3-2-8-18-13)16-20-19-15-7-6-14(17)21-22(15)16/h3-13H,1-2H3;2-10H,1H3. The second-order valence-electron chi connectivity index (χ2n) is 11.8. The van der Waals surface area contributed by atoms with Crippen LogP contribution in [0.2, 0.25) is 5.15 Å². The van der Waals surface area contributed by atoms with Crippen molar-refractivity contribution in [2.45, 2.75) is 25.7 Å². The highest BCUT2D eigenvalue weighted by molar-refractivity contribution is 6.29. The molecule has 7 aromatic heterocycles. The zero-order valence-electron chi connectivity index (χ0n) is 26.8. The minimum Gasteiger partial charge on any atom is -0.275 e. The quantitative estimate of drug-likeness (QED) is 0.197. The van der Waals surface area contributed by atoms with Gasteiger partial charge in [-0.15, -0.1) is 20.4 Å². The summed E-state index contributed by atoms with van der Waals surface area (Å²) >= 11 is 5.98. The monoisotopic (exact) mass is 664 g/mol. The number of aryl methyl sites for hydroxylation is 1. The zero-order chi connectivity index (χ0) is 33.5. The summed E-state index contributed by atoms with van der Waals surface area (Å²) in [6.07, 6.45) is 7.35. The third-order valence-electron chi connectivity index (χ3n) is 8.57. The molecule has 0 saturated heterocycles. The number of rotatable bonds is 5. The third-order valence-corrected chi connectivity index (χ3v) is 8.77. The van der Waals surface area contributed by atoms with Crippen LogP contribution in [0.5, 0.6) is 0 Å². The van der Waals surface area contributed by atoms with E-state index in [9.17, 15) is 0 Å². The van der Waals surface area contributed by atoms with Crippen LogP contribution in [0, 0.1) is 0 Å². The van der Waals surface area contributed by atoms with Gasteiger partial charge in [0.25, 0.3) is 0 Å². The van der Waals surface area contributed by atoms with Crippen molar-refractivity contribution in [2.75, 3.05) is 0 Å². The van der Waals surface area contributed by atoms with Crippen LogP contribution >= 0.6 is 11.6 Å². The van der Waals surface area contributed by atoms with Gasteiger partial charge in [-0.05, 0) is 71.8 Å². The minimum absolute atomic E-state index is 0.0428. The van der Waals surface area contributed by atoms with E-state index >= 15 is 0 Å². The molecule has 49 heavy (non-hydrogen) atoms. The molecule has 0 N–H and O–H groups in total. The number of halogens is 1. The van der Waals surface area contributed by atoms with Crippen molar-refractivity contribution in [3.05, 3.63) is 138 Å². The number of hydrogen-bond donors (Lipinski definition) is 0. The highest BCUT2D eigenvalue weighted by atomic mass is 35.5. The maximum absolute atomic E-state index is 5.98. The number of hydrogen-bond acceptors (Lipinski definition) is 9. The molecular weight excluding hydrogens is 636 g/mol. The Labute approximate surface area is 285 Å². The first kappa shape index (κ1) is 30.2. The van der Waals surface area contributed by atoms with Crippen LogP contribution in [0.25, 0.3) is 44.4 Å². The number of aromatic nitrogens is 12. The predicted octanol–water partition coefficient (Wildman–Crippen LogP) is 6.70. The zero-order valence-corrected chi connectivity index (χ0v) is 27.5. The minimum atomic E-state index is 0.0428. The van der Waals surface area contributed by atoms with Crippen LogP contribution in [0.15, 0.2) is 110 Å². The van der Waals surface area contributed by atoms with E-state index in [0.717, 1.165) is 61.5 Å². The number of pyridine rings is 2. The summed E-state index contributed by atoms with van der Waals surface area (Å²) in [5.74, 6) is 1.66. The van der Waals surface area contributed by atoms with E-state index in [1.54, 1.807) is 33.9 Å². The molecule has 7 heterocycles. The predicted molar refractivity (Wildman–Crippen MR) is 187 cm³/mol. The van der Waals surface area contributed by atoms with Gasteiger partial charge in [0, 0.05) is 53.8 Å². The second kappa shape index (κ2) is 12.5. The summed E-state index contributed by atoms with van der Waals surface area (Å²) in [6, 6.07) is 27.9. The van der Waals surface area contributed by atoms with Crippen LogP contribution in [0.3, 0.4) is 0 Å². The second-order valence-corrected chi connectivity index (χ2v) is 12.2. The molecule has 12 nitrogen and oxygen atoms in total. The maximum Gasteiger partial charge on any atom is 0.178 e. The van der Waals surface area contributed by atoms with Crippen LogP contribution < -0.4 is 0 Å². The highest BCUT2D eigenvalue weighted by Gasteiger charge is 2.19. The third kappa shape index (κ3) is 5.82. The van der Waals surface area contributed by atoms with E-state index in [1.165, 1.54) is 0 Å². The summed E-state index contributed by atoms with van der Waals surface area (Å²) in [5.41, 5.74) is 7.47. The molecule has 13 heteroatoms. The Bertz CT molecular complexity index is 2610. The van der Waals surface area contributed by atoms with Crippen LogP contribution in [0.1, 0.15) is 48.5 Å². The SMILES string of the molecule is CC(c1ccc2ncccc2c1)c1nnc2ccc(-c3cnn(C)c3)nn12.CC(c1ccc2ncccc2c1)c1nnc2ccc(Cl)nn12. The van der Waals surface area contributed by atoms with Gasteiger partial charge in [-0.3, -0.25) is 14.6 Å². The summed E-state index contributed by atoms with van der Waals surface area (Å²) < 4.78 is 5.28. The summed E-state index contributed by atoms with van der Waals surface area (Å²) in [7, 11) is 1.89. The number of nitrogens with zero attached hydrogens (tertiary/aromatic N) is 12. The fourth-order valence-electron chi connectivity index (χ4n) is 5.86. The van der Waals surface area contributed by atoms with Gasteiger partial charge in [-0.1, -0.05) is 49.7 Å². The van der Waals surface area contributed by atoms with Crippen molar-refractivity contribution >= 4 is 44.7 Å². The van der Waals surface area contributed by atoms with Gasteiger partial charge in [0.1, 0.15) is 5.15 Å². The normalized spacial score (nSPS) is 12.7. The summed E-state index contributed by atoms with van der Waals surface area (Å²) in [5, 5.41) is 33.0. The fraction of sp³-hybridized carbons (Fsp3) is 0.139. The van der Waals surface area contributed by atoms with E-state index in [4.69, 9.17) is 16.7 Å². The van der Waals surface area contributed by atoms with Gasteiger partial charge < -0.3 is 0 Å². The van der Waals surface area contributed by atoms with Gasteiger partial charge in [-0.25, -0.2) is 0 Å². The van der Waals surface area contributed by atoms with E-state index in [2.05, 4.69) is 90.8 Å². The molecule has 2 unspecified atom stereocenters. The Morgan fingerprint density at radius 1 is 0.633 bits per heavy atom. The summed E-state index contributed by atoms with van der Waals surface area (Å²) in [6.45, 7) is 4.20. The molecule has 240 valence electrons. The lowest BCUT2D eigenvalue weighted by molar-refractivity contribution is 0.751. The number of benzene rings is 2. The average molecular weight is 665 g/mol. The van der Waals surface area contributed by atoms with Gasteiger partial charge in [0.05, 0.1) is 22.9 Å². The van der Waals surface area contributed by atoms with Gasteiger partial charge >= 0.3 is 0 Å². The molecule has 2 aromatic carbocycles. The molecular formula is C36H29ClN12. The van der Waals surface area contributed by atoms with Crippen LogP contribution in [0.4, 0.5) is 0 Å². The van der Waals surface area contributed by atoms with Crippen molar-refractivity contribution in [3.63, 3.8) is 0 Å². The molecule has 0 aliphatic heterocycles. The molecule has 0 amide bonds. The molecule has 0 aliphatic rings. The van der Waals surface area contributed by atoms with Crippen molar-refractivity contribution in [1.29, 1.82) is 0 Å². The van der Waals surface area contributed by atoms with Gasteiger partial charge in [0.2, 0.25) is 0 Å². The Hall–Kier alpha value is -6.14. The first-order valence-electron chi connectivity index (χ1n) is 15.7. The van der Waals surface area contributed by atoms with E-state index < -0.39 is 0 Å². The lowest BCUT2D eigenvalue weighted by Crippen LogP contribution is -2.05. The highest BCUT2D eigenvalue weighted by Crippen LogP contribution is 2.28. The Morgan fingerprint density at radius 3 is 1.78 bits per heavy atom. The van der Waals surface area contributed by atoms with Gasteiger partial charge in [-0.2, -0.15) is 24.3 Å². The van der Waals surface area contributed by atoms with Crippen LogP contribution in [-0.4, -0.2) is 59.4 Å². The smallest absolute Gasteiger partial charge is 0.178 e. The van der Waals surface area contributed by atoms with Crippen molar-refractivity contribution < 1.29 is 0 Å². The molecule has 0 bridgehead atoms. The lowest BCUT2D eigenvalue weighted by Gasteiger charge is -2.11.